The average Bonchev–Trinajstić information content (AvgIpc) is 2.91. The van der Waals surface area contributed by atoms with E-state index in [0.29, 0.717) is 19.6 Å². The molecule has 2 aliphatic heterocycles. The third kappa shape index (κ3) is 2.59. The third-order valence-electron chi connectivity index (χ3n) is 3.84. The molecule has 20 heavy (non-hydrogen) atoms. The van der Waals surface area contributed by atoms with Crippen LogP contribution in [0.4, 0.5) is 0 Å². The number of nitrogens with zero attached hydrogens (tertiary/aromatic N) is 2. The van der Waals surface area contributed by atoms with Gasteiger partial charge in [-0.15, -0.1) is 0 Å². The molecule has 0 aliphatic carbocycles. The lowest BCUT2D eigenvalue weighted by Gasteiger charge is -2.34. The minimum atomic E-state index is -3.59. The van der Waals surface area contributed by atoms with Crippen LogP contribution in [0.1, 0.15) is 18.1 Å². The Morgan fingerprint density at radius 2 is 2.00 bits per heavy atom. The Morgan fingerprint density at radius 1 is 1.25 bits per heavy atom. The summed E-state index contributed by atoms with van der Waals surface area (Å²) < 4.78 is 29.4. The fraction of sp³-hybridized carbons (Fsp3) is 0.538. The van der Waals surface area contributed by atoms with Gasteiger partial charge in [0.2, 0.25) is 0 Å². The summed E-state index contributed by atoms with van der Waals surface area (Å²) in [7, 11) is -2.40. The van der Waals surface area contributed by atoms with Crippen LogP contribution in [-0.4, -0.2) is 50.6 Å². The molecule has 0 unspecified atom stereocenters. The van der Waals surface area contributed by atoms with Crippen LogP contribution in [0.2, 0.25) is 0 Å². The van der Waals surface area contributed by atoms with E-state index in [-0.39, 0.29) is 12.1 Å². The molecule has 1 aromatic rings. The smallest absolute Gasteiger partial charge is 0.290 e. The number of piperazine rings is 1. The Bertz CT molecular complexity index is 563. The summed E-state index contributed by atoms with van der Waals surface area (Å²) in [5, 5.41) is 1.90. The van der Waals surface area contributed by atoms with Gasteiger partial charge in [-0.05, 0) is 12.0 Å². The maximum Gasteiger partial charge on any atom is 0.338 e. The first kappa shape index (κ1) is 14.0. The summed E-state index contributed by atoms with van der Waals surface area (Å²) in [5.74, 6) is 0. The van der Waals surface area contributed by atoms with E-state index < -0.39 is 10.3 Å². The molecule has 1 aromatic carbocycles. The first-order valence-corrected chi connectivity index (χ1v) is 8.01. The van der Waals surface area contributed by atoms with E-state index in [2.05, 4.69) is 4.18 Å². The second-order valence-electron chi connectivity index (χ2n) is 5.02. The normalized spacial score (nSPS) is 28.4. The summed E-state index contributed by atoms with van der Waals surface area (Å²) in [6, 6.07) is 10.1. The molecule has 2 fully saturated rings. The van der Waals surface area contributed by atoms with Crippen LogP contribution in [-0.2, 0) is 19.3 Å². The number of hydrogen-bond acceptors (Lipinski definition) is 5. The van der Waals surface area contributed by atoms with Crippen molar-refractivity contribution in [1.82, 2.24) is 9.37 Å². The van der Waals surface area contributed by atoms with Crippen LogP contribution < -0.4 is 0 Å². The van der Waals surface area contributed by atoms with Gasteiger partial charge in [0.15, 0.2) is 0 Å². The second kappa shape index (κ2) is 5.42. The summed E-state index contributed by atoms with van der Waals surface area (Å²) in [4.78, 5) is 5.92. The van der Waals surface area contributed by atoms with Gasteiger partial charge in [0.05, 0.1) is 13.2 Å². The quantitative estimate of drug-likeness (QED) is 0.831. The molecule has 3 rings (SSSR count). The van der Waals surface area contributed by atoms with E-state index in [1.807, 2.05) is 35.4 Å². The van der Waals surface area contributed by atoms with Crippen molar-refractivity contribution in [2.75, 3.05) is 26.7 Å². The highest BCUT2D eigenvalue weighted by Gasteiger charge is 2.41. The molecule has 2 atom stereocenters. The van der Waals surface area contributed by atoms with Crippen molar-refractivity contribution in [3.05, 3.63) is 35.9 Å². The fourth-order valence-corrected chi connectivity index (χ4v) is 3.64. The van der Waals surface area contributed by atoms with Gasteiger partial charge in [0.1, 0.15) is 6.10 Å². The highest BCUT2D eigenvalue weighted by atomic mass is 32.2. The maximum absolute atomic E-state index is 11.7. The van der Waals surface area contributed by atoms with Gasteiger partial charge < -0.3 is 0 Å². The topological polar surface area (TPSA) is 59.1 Å². The van der Waals surface area contributed by atoms with E-state index in [0.717, 1.165) is 12.0 Å². The second-order valence-corrected chi connectivity index (χ2v) is 6.72. The van der Waals surface area contributed by atoms with Crippen molar-refractivity contribution < 1.29 is 17.4 Å². The Morgan fingerprint density at radius 3 is 2.70 bits per heavy atom. The molecule has 6 nitrogen and oxygen atoms in total. The number of hydrogen-bond donors (Lipinski definition) is 0. The lowest BCUT2D eigenvalue weighted by molar-refractivity contribution is -0.175. The van der Waals surface area contributed by atoms with Crippen molar-refractivity contribution in [3.8, 4) is 0 Å². The van der Waals surface area contributed by atoms with Crippen molar-refractivity contribution in [3.63, 3.8) is 0 Å². The first-order valence-electron chi connectivity index (χ1n) is 6.64. The third-order valence-corrected chi connectivity index (χ3v) is 5.22. The Balaban J connectivity index is 1.71. The fourth-order valence-electron chi connectivity index (χ4n) is 2.77. The minimum Gasteiger partial charge on any atom is -0.290 e. The predicted molar refractivity (Wildman–Crippen MR) is 72.9 cm³/mol. The van der Waals surface area contributed by atoms with Crippen LogP contribution >= 0.6 is 0 Å². The van der Waals surface area contributed by atoms with Gasteiger partial charge in [0, 0.05) is 19.6 Å². The number of rotatable bonds is 3. The van der Waals surface area contributed by atoms with E-state index in [4.69, 9.17) is 4.84 Å². The predicted octanol–water partition coefficient (Wildman–Crippen LogP) is 0.940. The van der Waals surface area contributed by atoms with Gasteiger partial charge in [-0.3, -0.25) is 9.02 Å². The lowest BCUT2D eigenvalue weighted by Crippen LogP contribution is -2.51. The van der Waals surface area contributed by atoms with Crippen molar-refractivity contribution in [1.29, 1.82) is 0 Å². The zero-order valence-corrected chi connectivity index (χ0v) is 12.1. The van der Waals surface area contributed by atoms with Gasteiger partial charge in [-0.2, -0.15) is 17.8 Å². The van der Waals surface area contributed by atoms with Gasteiger partial charge in [-0.1, -0.05) is 30.3 Å². The molecule has 110 valence electrons. The van der Waals surface area contributed by atoms with Crippen LogP contribution in [0, 0.1) is 0 Å². The molecule has 0 radical (unpaired) electrons. The average molecular weight is 298 g/mol. The van der Waals surface area contributed by atoms with Crippen LogP contribution in [0.25, 0.3) is 0 Å². The van der Waals surface area contributed by atoms with Gasteiger partial charge in [-0.25, -0.2) is 0 Å². The first-order chi connectivity index (χ1) is 9.60. The van der Waals surface area contributed by atoms with Crippen LogP contribution in [0.3, 0.4) is 0 Å². The standard InChI is InChI=1S/C13H18N2O4S/c1-18-20(16,17)14-7-8-15-12(10-14)9-13(19-15)11-5-3-2-4-6-11/h2-6,12-13H,7-10H2,1H3/t12-,13-/m0/s1. The number of fused-ring (bicyclic) bond motifs is 1. The molecule has 0 bridgehead atoms. The Labute approximate surface area is 119 Å². The van der Waals surface area contributed by atoms with Crippen molar-refractivity contribution >= 4 is 10.3 Å². The molecule has 2 saturated heterocycles. The summed E-state index contributed by atoms with van der Waals surface area (Å²) in [6.07, 6.45) is 0.797. The van der Waals surface area contributed by atoms with Crippen LogP contribution in [0.15, 0.2) is 30.3 Å². The van der Waals surface area contributed by atoms with Crippen molar-refractivity contribution in [2.24, 2.45) is 0 Å². The Hall–Kier alpha value is -0.990. The zero-order chi connectivity index (χ0) is 14.2. The lowest BCUT2D eigenvalue weighted by atomic mass is 10.0. The molecule has 2 aliphatic rings. The summed E-state index contributed by atoms with van der Waals surface area (Å²) in [5.41, 5.74) is 1.13. The van der Waals surface area contributed by atoms with Crippen molar-refractivity contribution in [2.45, 2.75) is 18.6 Å². The molecule has 0 amide bonds. The molecular formula is C13H18N2O4S. The van der Waals surface area contributed by atoms with Gasteiger partial charge >= 0.3 is 10.3 Å². The largest absolute Gasteiger partial charge is 0.338 e. The zero-order valence-electron chi connectivity index (χ0n) is 11.3. The van der Waals surface area contributed by atoms with Gasteiger partial charge in [0.25, 0.3) is 0 Å². The molecule has 0 aromatic heterocycles. The number of hydroxylamine groups is 2. The van der Waals surface area contributed by atoms with Crippen LogP contribution in [0.5, 0.6) is 0 Å². The van der Waals surface area contributed by atoms with E-state index in [1.165, 1.54) is 11.4 Å². The summed E-state index contributed by atoms with van der Waals surface area (Å²) in [6.45, 7) is 1.38. The SMILES string of the molecule is COS(=O)(=O)N1CCN2O[C@H](c3ccccc3)C[C@H]2C1. The summed E-state index contributed by atoms with van der Waals surface area (Å²) >= 11 is 0. The van der Waals surface area contributed by atoms with E-state index in [1.54, 1.807) is 0 Å². The number of benzene rings is 1. The Kier molecular flexibility index (Phi) is 3.78. The highest BCUT2D eigenvalue weighted by molar-refractivity contribution is 7.84. The molecule has 2 heterocycles. The molecule has 0 N–H and O–H groups in total. The monoisotopic (exact) mass is 298 g/mol. The minimum absolute atomic E-state index is 0.00592. The molecule has 0 spiro atoms. The maximum atomic E-state index is 11.7. The highest BCUT2D eigenvalue weighted by Crippen LogP contribution is 2.35. The van der Waals surface area contributed by atoms with E-state index in [9.17, 15) is 8.42 Å². The molecule has 7 heteroatoms. The molecular weight excluding hydrogens is 280 g/mol. The molecule has 0 saturated carbocycles. The van der Waals surface area contributed by atoms with E-state index >= 15 is 0 Å².